The summed E-state index contributed by atoms with van der Waals surface area (Å²) in [6.45, 7) is 8.49. The van der Waals surface area contributed by atoms with Gasteiger partial charge in [-0.1, -0.05) is 51.1 Å². The minimum absolute atomic E-state index is 0.190. The van der Waals surface area contributed by atoms with E-state index in [9.17, 15) is 4.79 Å². The lowest BCUT2D eigenvalue weighted by molar-refractivity contribution is -0.118. The number of carbonyl (C=O) groups is 1. The Bertz CT molecular complexity index is 736. The van der Waals surface area contributed by atoms with Crippen LogP contribution in [0.2, 0.25) is 0 Å². The number of hydrogen-bond donors (Lipinski definition) is 1. The van der Waals surface area contributed by atoms with Crippen LogP contribution >= 0.6 is 0 Å². The van der Waals surface area contributed by atoms with Crippen LogP contribution in [0.4, 0.5) is 11.4 Å². The van der Waals surface area contributed by atoms with Crippen molar-refractivity contribution in [3.05, 3.63) is 59.7 Å². The van der Waals surface area contributed by atoms with Gasteiger partial charge in [-0.05, 0) is 48.6 Å². The first-order chi connectivity index (χ1) is 12.0. The molecule has 0 saturated carbocycles. The maximum atomic E-state index is 12.4. The first kappa shape index (κ1) is 17.5. The second kappa shape index (κ2) is 7.30. The minimum atomic E-state index is 0.190. The predicted octanol–water partition coefficient (Wildman–Crippen LogP) is 5.50. The molecule has 0 spiro atoms. The molecule has 2 unspecified atom stereocenters. The highest BCUT2D eigenvalue weighted by Gasteiger charge is 2.32. The van der Waals surface area contributed by atoms with Crippen LogP contribution in [0.1, 0.15) is 63.6 Å². The third-order valence-corrected chi connectivity index (χ3v) is 5.08. The van der Waals surface area contributed by atoms with Crippen molar-refractivity contribution < 1.29 is 4.79 Å². The molecule has 1 aliphatic rings. The van der Waals surface area contributed by atoms with E-state index >= 15 is 0 Å². The largest absolute Gasteiger partial charge is 0.378 e. The van der Waals surface area contributed by atoms with Gasteiger partial charge in [0.25, 0.3) is 0 Å². The summed E-state index contributed by atoms with van der Waals surface area (Å²) >= 11 is 0. The molecule has 0 aliphatic carbocycles. The molecular weight excluding hydrogens is 308 g/mol. The van der Waals surface area contributed by atoms with Gasteiger partial charge >= 0.3 is 0 Å². The number of fused-ring (bicyclic) bond motifs is 1. The van der Waals surface area contributed by atoms with Gasteiger partial charge in [-0.15, -0.1) is 0 Å². The van der Waals surface area contributed by atoms with Crippen LogP contribution in [0.15, 0.2) is 48.5 Å². The summed E-state index contributed by atoms with van der Waals surface area (Å²) in [6, 6.07) is 17.4. The summed E-state index contributed by atoms with van der Waals surface area (Å²) in [4.78, 5) is 14.4. The van der Waals surface area contributed by atoms with Gasteiger partial charge in [0, 0.05) is 23.8 Å². The maximum Gasteiger partial charge on any atom is 0.226 e. The topological polar surface area (TPSA) is 32.3 Å². The van der Waals surface area contributed by atoms with E-state index in [1.807, 2.05) is 17.9 Å². The molecule has 0 radical (unpaired) electrons. The molecule has 3 nitrogen and oxygen atoms in total. The van der Waals surface area contributed by atoms with E-state index in [1.165, 1.54) is 11.1 Å². The van der Waals surface area contributed by atoms with E-state index < -0.39 is 0 Å². The predicted molar refractivity (Wildman–Crippen MR) is 105 cm³/mol. The van der Waals surface area contributed by atoms with Crippen LogP contribution in [0.5, 0.6) is 0 Å². The number of nitrogens with one attached hydrogen (secondary N) is 1. The van der Waals surface area contributed by atoms with Crippen molar-refractivity contribution in [1.29, 1.82) is 0 Å². The molecule has 3 heteroatoms. The molecule has 0 aromatic heterocycles. The van der Waals surface area contributed by atoms with Crippen LogP contribution in [-0.4, -0.2) is 11.9 Å². The number of rotatable bonds is 4. The normalized spacial score (nSPS) is 19.6. The van der Waals surface area contributed by atoms with Gasteiger partial charge in [-0.3, -0.25) is 4.79 Å². The maximum absolute atomic E-state index is 12.4. The Kier molecular flexibility index (Phi) is 5.12. The number of amides is 1. The van der Waals surface area contributed by atoms with Crippen LogP contribution in [-0.2, 0) is 4.79 Å². The number of carbonyl (C=O) groups excluding carboxylic acids is 1. The molecule has 1 N–H and O–H groups in total. The second-order valence-electron chi connectivity index (χ2n) is 7.23. The summed E-state index contributed by atoms with van der Waals surface area (Å²) in [5.41, 5.74) is 4.73. The van der Waals surface area contributed by atoms with Crippen molar-refractivity contribution in [3.8, 4) is 0 Å². The molecule has 2 aromatic carbocycles. The highest BCUT2D eigenvalue weighted by Crippen LogP contribution is 2.39. The molecule has 2 aromatic rings. The first-order valence-corrected chi connectivity index (χ1v) is 9.28. The van der Waals surface area contributed by atoms with E-state index in [-0.39, 0.29) is 18.0 Å². The van der Waals surface area contributed by atoms with Crippen molar-refractivity contribution in [2.75, 3.05) is 10.2 Å². The van der Waals surface area contributed by atoms with E-state index in [0.29, 0.717) is 12.3 Å². The highest BCUT2D eigenvalue weighted by molar-refractivity contribution is 5.95. The van der Waals surface area contributed by atoms with Crippen molar-refractivity contribution in [1.82, 2.24) is 0 Å². The molecule has 2 atom stereocenters. The monoisotopic (exact) mass is 336 g/mol. The lowest BCUT2D eigenvalue weighted by Crippen LogP contribution is -2.44. The van der Waals surface area contributed by atoms with Gasteiger partial charge in [0.2, 0.25) is 5.91 Å². The molecular formula is C22H28N2O. The van der Waals surface area contributed by atoms with Crippen LogP contribution < -0.4 is 10.2 Å². The average Bonchev–Trinajstić information content (AvgIpc) is 2.62. The Morgan fingerprint density at radius 3 is 2.48 bits per heavy atom. The zero-order valence-corrected chi connectivity index (χ0v) is 15.6. The molecule has 0 saturated heterocycles. The van der Waals surface area contributed by atoms with Gasteiger partial charge in [-0.25, -0.2) is 0 Å². The van der Waals surface area contributed by atoms with Crippen molar-refractivity contribution in [2.24, 2.45) is 0 Å². The van der Waals surface area contributed by atoms with E-state index in [1.54, 1.807) is 0 Å². The summed E-state index contributed by atoms with van der Waals surface area (Å²) in [7, 11) is 0. The molecule has 0 fully saturated rings. The number of anilines is 2. The SMILES string of the molecule is CCC(=O)N1c2ccccc2C(Nc2ccc(C(C)C)cc2)CC1C. The zero-order chi connectivity index (χ0) is 18.0. The molecule has 25 heavy (non-hydrogen) atoms. The standard InChI is InChI=1S/C22H28N2O/c1-5-22(25)24-16(4)14-20(19-8-6-7-9-21(19)24)23-18-12-10-17(11-13-18)15(2)3/h6-13,15-16,20,23H,5,14H2,1-4H3. The Balaban J connectivity index is 1.88. The van der Waals surface area contributed by atoms with Gasteiger partial charge < -0.3 is 10.2 Å². The lowest BCUT2D eigenvalue weighted by Gasteiger charge is -2.40. The van der Waals surface area contributed by atoms with Crippen LogP contribution in [0, 0.1) is 0 Å². The first-order valence-electron chi connectivity index (χ1n) is 9.28. The van der Waals surface area contributed by atoms with Crippen molar-refractivity contribution in [3.63, 3.8) is 0 Å². The number of para-hydroxylation sites is 1. The van der Waals surface area contributed by atoms with Crippen LogP contribution in [0.25, 0.3) is 0 Å². The Morgan fingerprint density at radius 1 is 1.16 bits per heavy atom. The quantitative estimate of drug-likeness (QED) is 0.799. The fourth-order valence-corrected chi connectivity index (χ4v) is 3.67. The molecule has 1 amide bonds. The van der Waals surface area contributed by atoms with Crippen molar-refractivity contribution in [2.45, 2.75) is 58.5 Å². The van der Waals surface area contributed by atoms with Gasteiger partial charge in [0.15, 0.2) is 0 Å². The van der Waals surface area contributed by atoms with Gasteiger partial charge in [0.1, 0.15) is 0 Å². The number of benzene rings is 2. The smallest absolute Gasteiger partial charge is 0.226 e. The minimum Gasteiger partial charge on any atom is -0.378 e. The van der Waals surface area contributed by atoms with E-state index in [2.05, 4.69) is 68.6 Å². The third kappa shape index (κ3) is 3.55. The highest BCUT2D eigenvalue weighted by atomic mass is 16.2. The third-order valence-electron chi connectivity index (χ3n) is 5.08. The van der Waals surface area contributed by atoms with E-state index in [0.717, 1.165) is 17.8 Å². The number of hydrogen-bond acceptors (Lipinski definition) is 2. The zero-order valence-electron chi connectivity index (χ0n) is 15.6. The van der Waals surface area contributed by atoms with Gasteiger partial charge in [-0.2, -0.15) is 0 Å². The fourth-order valence-electron chi connectivity index (χ4n) is 3.67. The summed E-state index contributed by atoms with van der Waals surface area (Å²) in [6.07, 6.45) is 1.45. The molecule has 3 rings (SSSR count). The average molecular weight is 336 g/mol. The Hall–Kier alpha value is -2.29. The summed E-state index contributed by atoms with van der Waals surface area (Å²) in [5.74, 6) is 0.734. The molecule has 1 aliphatic heterocycles. The summed E-state index contributed by atoms with van der Waals surface area (Å²) < 4.78 is 0. The Morgan fingerprint density at radius 2 is 1.84 bits per heavy atom. The second-order valence-corrected chi connectivity index (χ2v) is 7.23. The van der Waals surface area contributed by atoms with Gasteiger partial charge in [0.05, 0.1) is 6.04 Å². The Labute approximate surface area is 151 Å². The fraction of sp³-hybridized carbons (Fsp3) is 0.409. The lowest BCUT2D eigenvalue weighted by atomic mass is 9.91. The summed E-state index contributed by atoms with van der Waals surface area (Å²) in [5, 5.41) is 3.67. The van der Waals surface area contributed by atoms with Crippen molar-refractivity contribution >= 4 is 17.3 Å². The molecule has 1 heterocycles. The molecule has 132 valence electrons. The molecule has 0 bridgehead atoms. The van der Waals surface area contributed by atoms with E-state index in [4.69, 9.17) is 0 Å². The van der Waals surface area contributed by atoms with Crippen LogP contribution in [0.3, 0.4) is 0 Å². The number of nitrogens with zero attached hydrogens (tertiary/aromatic N) is 1.